The Hall–Kier alpha value is -3.30. The van der Waals surface area contributed by atoms with Gasteiger partial charge in [0.2, 0.25) is 0 Å². The first-order valence-corrected chi connectivity index (χ1v) is 10.6. The summed E-state index contributed by atoms with van der Waals surface area (Å²) in [6.07, 6.45) is 1.25. The van der Waals surface area contributed by atoms with Gasteiger partial charge in [-0.25, -0.2) is 0 Å². The third kappa shape index (κ3) is 7.87. The Morgan fingerprint density at radius 1 is 1.06 bits per heavy atom. The summed E-state index contributed by atoms with van der Waals surface area (Å²) >= 11 is 0. The molecule has 0 bridgehead atoms. The van der Waals surface area contributed by atoms with Crippen LogP contribution in [0.4, 0.5) is 11.4 Å². The average Bonchev–Trinajstić information content (AvgIpc) is 2.82. The molecule has 0 aliphatic carbocycles. The van der Waals surface area contributed by atoms with Crippen molar-refractivity contribution in [1.29, 1.82) is 0 Å². The molecule has 0 aliphatic rings. The number of nitrogens with zero attached hydrogens (tertiary/aromatic N) is 2. The Kier molecular flexibility index (Phi) is 12.0. The third-order valence-corrected chi connectivity index (χ3v) is 5.24. The minimum atomic E-state index is -1.10. The molecule has 0 fully saturated rings. The van der Waals surface area contributed by atoms with Gasteiger partial charge in [0.05, 0.1) is 6.61 Å². The molecule has 1 unspecified atom stereocenters. The van der Waals surface area contributed by atoms with Crippen LogP contribution < -0.4 is 5.32 Å². The van der Waals surface area contributed by atoms with Gasteiger partial charge in [-0.05, 0) is 67.9 Å². The van der Waals surface area contributed by atoms with E-state index < -0.39 is 18.6 Å². The number of azo groups is 1. The van der Waals surface area contributed by atoms with Crippen LogP contribution in [-0.2, 0) is 33.1 Å². The van der Waals surface area contributed by atoms with Crippen LogP contribution in [0.15, 0.2) is 52.7 Å². The zero-order valence-electron chi connectivity index (χ0n) is 19.5. The van der Waals surface area contributed by atoms with Crippen molar-refractivity contribution in [3.8, 4) is 11.5 Å². The fraction of sp³-hybridized carbons (Fsp3) is 0.280. The van der Waals surface area contributed by atoms with Crippen molar-refractivity contribution in [3.05, 3.63) is 59.2 Å². The van der Waals surface area contributed by atoms with E-state index >= 15 is 0 Å². The number of phenolic OH excluding ortho intramolecular Hbond substituents is 2. The zero-order chi connectivity index (χ0) is 25.3. The first kappa shape index (κ1) is 29.7. The van der Waals surface area contributed by atoms with E-state index in [2.05, 4.69) is 15.5 Å². The normalized spacial score (nSPS) is 11.5. The molecule has 5 N–H and O–H groups in total. The van der Waals surface area contributed by atoms with Gasteiger partial charge in [-0.1, -0.05) is 29.8 Å². The molecular weight excluding hydrogens is 502 g/mol. The van der Waals surface area contributed by atoms with Crippen molar-refractivity contribution in [1.82, 2.24) is 5.32 Å². The monoisotopic (exact) mass is 530 g/mol. The van der Waals surface area contributed by atoms with Gasteiger partial charge in [-0.3, -0.25) is 4.79 Å². The maximum Gasteiger partial charge on any atom is 0.323 e. The van der Waals surface area contributed by atoms with Gasteiger partial charge in [0.15, 0.2) is 0 Å². The average molecular weight is 531 g/mol. The fourth-order valence-corrected chi connectivity index (χ4v) is 3.44. The van der Waals surface area contributed by atoms with Crippen LogP contribution in [0.3, 0.4) is 0 Å². The molecule has 0 saturated carbocycles. The van der Waals surface area contributed by atoms with Crippen molar-refractivity contribution < 1.29 is 47.1 Å². The molecule has 35 heavy (non-hydrogen) atoms. The molecule has 9 nitrogen and oxygen atoms in total. The van der Waals surface area contributed by atoms with E-state index in [1.165, 1.54) is 6.07 Å². The number of rotatable bonds is 9. The van der Waals surface area contributed by atoms with E-state index in [4.69, 9.17) is 15.0 Å². The number of benzene rings is 3. The maximum atomic E-state index is 10.9. The van der Waals surface area contributed by atoms with E-state index in [9.17, 15) is 15.0 Å². The van der Waals surface area contributed by atoms with Crippen LogP contribution >= 0.6 is 0 Å². The Labute approximate surface area is 214 Å². The summed E-state index contributed by atoms with van der Waals surface area (Å²) in [5, 5.41) is 51.6. The summed E-state index contributed by atoms with van der Waals surface area (Å²) in [6.45, 7) is 5.73. The van der Waals surface area contributed by atoms with E-state index in [-0.39, 0.29) is 34.3 Å². The molecule has 1 atom stereocenters. The minimum Gasteiger partial charge on any atom is -0.506 e. The molecule has 0 aliphatic heterocycles. The minimum absolute atomic E-state index is 0. The molecular formula is C25H29CuN3O6. The van der Waals surface area contributed by atoms with Crippen LogP contribution in [-0.4, -0.2) is 52.4 Å². The number of aryl methyl sites for hydroxylation is 3. The molecule has 1 radical (unpaired) electrons. The van der Waals surface area contributed by atoms with E-state index in [0.29, 0.717) is 30.6 Å². The molecule has 0 spiro atoms. The van der Waals surface area contributed by atoms with Gasteiger partial charge in [0.25, 0.3) is 0 Å². The first-order chi connectivity index (χ1) is 16.3. The number of carboxylic acids is 1. The summed E-state index contributed by atoms with van der Waals surface area (Å²) < 4.78 is 0. The van der Waals surface area contributed by atoms with Crippen LogP contribution in [0.25, 0.3) is 10.8 Å². The number of aliphatic hydroxyl groups is 1. The maximum absolute atomic E-state index is 10.9. The first-order valence-electron chi connectivity index (χ1n) is 10.6. The number of phenols is 2. The van der Waals surface area contributed by atoms with Gasteiger partial charge in [0, 0.05) is 22.5 Å². The van der Waals surface area contributed by atoms with E-state index in [1.807, 2.05) is 38.0 Å². The van der Waals surface area contributed by atoms with Crippen LogP contribution in [0.2, 0.25) is 0 Å². The quantitative estimate of drug-likeness (QED) is 0.159. The Morgan fingerprint density at radius 3 is 2.43 bits per heavy atom. The predicted octanol–water partition coefficient (Wildman–Crippen LogP) is 4.06. The zero-order valence-corrected chi connectivity index (χ0v) is 20.4. The number of aromatic hydroxyl groups is 2. The van der Waals surface area contributed by atoms with Crippen molar-refractivity contribution in [2.45, 2.75) is 32.7 Å². The Morgan fingerprint density at radius 2 is 1.77 bits per heavy atom. The predicted molar refractivity (Wildman–Crippen MR) is 129 cm³/mol. The molecule has 3 rings (SSSR count). The number of aliphatic hydroxyl groups excluding tert-OH is 1. The number of carbonyl (C=O) groups excluding carboxylic acids is 1. The molecule has 3 aromatic carbocycles. The standard InChI is InChI=1S/C24H27N3O5.CH2O.Cu/c1-14-5-7-18-17(10-14)11-15(2)23(30)22(18)27-26-19-12-16(6-8-21(19)29)4-3-9-25-20(13-28)24(31)32;1-2;/h5-8,10-12,20,25,28-30H,3-4,9,13H2,1-2H3,(H,31,32);1H2;. The molecule has 0 aromatic heterocycles. The third-order valence-electron chi connectivity index (χ3n) is 5.24. The van der Waals surface area contributed by atoms with Gasteiger partial charge >= 0.3 is 5.97 Å². The second-order valence-corrected chi connectivity index (χ2v) is 7.77. The molecule has 0 saturated heterocycles. The van der Waals surface area contributed by atoms with Crippen molar-refractivity contribution >= 4 is 34.9 Å². The SMILES string of the molecule is C=O.Cc1ccc2c(N=Nc3cc(CCCNC(CO)C(=O)O)ccc3O)c(O)c(C)cc2c1.[Cu]. The number of nitrogens with one attached hydrogen (secondary N) is 1. The van der Waals surface area contributed by atoms with Gasteiger partial charge in [-0.15, -0.1) is 10.2 Å². The van der Waals surface area contributed by atoms with Crippen molar-refractivity contribution in [2.75, 3.05) is 13.2 Å². The topological polar surface area (TPSA) is 152 Å². The largest absolute Gasteiger partial charge is 0.506 e. The number of fused-ring (bicyclic) bond motifs is 1. The molecule has 0 amide bonds. The summed E-state index contributed by atoms with van der Waals surface area (Å²) in [5.41, 5.74) is 3.29. The number of aliphatic carboxylic acids is 1. The summed E-state index contributed by atoms with van der Waals surface area (Å²) in [4.78, 5) is 18.9. The molecule has 3 aromatic rings. The fourth-order valence-electron chi connectivity index (χ4n) is 3.44. The second-order valence-electron chi connectivity index (χ2n) is 7.77. The molecule has 0 heterocycles. The van der Waals surface area contributed by atoms with Crippen LogP contribution in [0.1, 0.15) is 23.1 Å². The number of hydrogen-bond acceptors (Lipinski definition) is 8. The van der Waals surface area contributed by atoms with E-state index in [1.54, 1.807) is 19.1 Å². The van der Waals surface area contributed by atoms with E-state index in [0.717, 1.165) is 21.9 Å². The Bertz CT molecular complexity index is 1190. The van der Waals surface area contributed by atoms with Gasteiger partial charge < -0.3 is 30.5 Å². The van der Waals surface area contributed by atoms with Crippen molar-refractivity contribution in [3.63, 3.8) is 0 Å². The molecule has 191 valence electrons. The summed E-state index contributed by atoms with van der Waals surface area (Å²) in [6, 6.07) is 11.7. The molecule has 10 heteroatoms. The summed E-state index contributed by atoms with van der Waals surface area (Å²) in [7, 11) is 0. The number of carboxylic acid groups (broad SMARTS) is 1. The Balaban J connectivity index is 0.00000199. The van der Waals surface area contributed by atoms with Crippen molar-refractivity contribution in [2.24, 2.45) is 10.2 Å². The smallest absolute Gasteiger partial charge is 0.323 e. The summed E-state index contributed by atoms with van der Waals surface area (Å²) in [5.74, 6) is -1.08. The van der Waals surface area contributed by atoms with Gasteiger partial charge in [-0.2, -0.15) is 0 Å². The van der Waals surface area contributed by atoms with Crippen LogP contribution in [0, 0.1) is 13.8 Å². The number of hydrogen-bond donors (Lipinski definition) is 5. The second kappa shape index (κ2) is 14.2. The van der Waals surface area contributed by atoms with Crippen LogP contribution in [0.5, 0.6) is 11.5 Å². The number of carbonyl (C=O) groups is 2. The van der Waals surface area contributed by atoms with Gasteiger partial charge in [0.1, 0.15) is 35.7 Å².